The summed E-state index contributed by atoms with van der Waals surface area (Å²) < 4.78 is 10.1. The van der Waals surface area contributed by atoms with Crippen LogP contribution >= 0.6 is 0 Å². The molecule has 0 unspecified atom stereocenters. The Labute approximate surface area is 77.3 Å². The van der Waals surface area contributed by atoms with E-state index in [9.17, 15) is 4.79 Å². The van der Waals surface area contributed by atoms with E-state index in [0.717, 1.165) is 5.56 Å². The molecule has 0 spiro atoms. The lowest BCUT2D eigenvalue weighted by Gasteiger charge is -2.10. The molecule has 1 rings (SSSR count). The minimum absolute atomic E-state index is 0.417. The van der Waals surface area contributed by atoms with Gasteiger partial charge in [-0.05, 0) is 19.1 Å². The minimum atomic E-state index is 0.417. The number of rotatable bonds is 3. The van der Waals surface area contributed by atoms with Crippen LogP contribution in [-0.2, 0) is 4.79 Å². The van der Waals surface area contributed by atoms with E-state index in [1.165, 1.54) is 7.11 Å². The van der Waals surface area contributed by atoms with Crippen molar-refractivity contribution in [2.45, 2.75) is 6.92 Å². The lowest BCUT2D eigenvalue weighted by Crippen LogP contribution is -1.96. The molecule has 1 aromatic rings. The summed E-state index contributed by atoms with van der Waals surface area (Å²) >= 11 is 0. The van der Waals surface area contributed by atoms with Gasteiger partial charge in [-0.25, -0.2) is 0 Å². The van der Waals surface area contributed by atoms with E-state index in [-0.39, 0.29) is 0 Å². The molecule has 0 heterocycles. The highest BCUT2D eigenvalue weighted by Gasteiger charge is 2.10. The highest BCUT2D eigenvalue weighted by molar-refractivity contribution is 5.81. The Balaban J connectivity index is 3.31. The third-order valence-electron chi connectivity index (χ3n) is 1.89. The molecule has 0 atom stereocenters. The first kappa shape index (κ1) is 9.58. The Hall–Kier alpha value is -1.51. The Kier molecular flexibility index (Phi) is 2.90. The fraction of sp³-hybridized carbons (Fsp3) is 0.300. The molecule has 0 aliphatic heterocycles. The van der Waals surface area contributed by atoms with E-state index < -0.39 is 0 Å². The summed E-state index contributed by atoms with van der Waals surface area (Å²) in [7, 11) is 3.09. The van der Waals surface area contributed by atoms with Gasteiger partial charge in [-0.15, -0.1) is 0 Å². The molecule has 0 saturated heterocycles. The monoisotopic (exact) mass is 179 g/mol. The number of methoxy groups -OCH3 is 2. The molecule has 1 radical (unpaired) electrons. The second-order valence-electron chi connectivity index (χ2n) is 2.58. The summed E-state index contributed by atoms with van der Waals surface area (Å²) in [6.45, 7) is 1.83. The zero-order chi connectivity index (χ0) is 9.84. The standard InChI is InChI=1S/C10H11O3/c1-7-9(12-2)5-4-8(6-11)10(7)13-3/h4-5H,1-3H3. The predicted octanol–water partition coefficient (Wildman–Crippen LogP) is 1.47. The maximum Gasteiger partial charge on any atom is 0.237 e. The van der Waals surface area contributed by atoms with Crippen LogP contribution in [0.1, 0.15) is 11.1 Å². The molecule has 0 N–H and O–H groups in total. The van der Waals surface area contributed by atoms with Crippen LogP contribution in [0.25, 0.3) is 0 Å². The first-order chi connectivity index (χ1) is 6.24. The summed E-state index contributed by atoms with van der Waals surface area (Å²) in [4.78, 5) is 10.5. The molecule has 0 saturated carbocycles. The Morgan fingerprint density at radius 1 is 1.23 bits per heavy atom. The predicted molar refractivity (Wildman–Crippen MR) is 49.1 cm³/mol. The van der Waals surface area contributed by atoms with Gasteiger partial charge in [-0.1, -0.05) is 0 Å². The van der Waals surface area contributed by atoms with Crippen molar-refractivity contribution in [3.05, 3.63) is 23.3 Å². The largest absolute Gasteiger partial charge is 0.496 e. The van der Waals surface area contributed by atoms with Crippen molar-refractivity contribution in [3.8, 4) is 11.5 Å². The quantitative estimate of drug-likeness (QED) is 0.704. The van der Waals surface area contributed by atoms with Gasteiger partial charge in [0.1, 0.15) is 11.5 Å². The van der Waals surface area contributed by atoms with Crippen LogP contribution in [0.5, 0.6) is 11.5 Å². The molecule has 3 nitrogen and oxygen atoms in total. The number of ether oxygens (including phenoxy) is 2. The average molecular weight is 179 g/mol. The summed E-state index contributed by atoms with van der Waals surface area (Å²) in [6, 6.07) is 3.34. The zero-order valence-electron chi connectivity index (χ0n) is 7.88. The fourth-order valence-electron chi connectivity index (χ4n) is 1.24. The van der Waals surface area contributed by atoms with Crippen molar-refractivity contribution in [3.63, 3.8) is 0 Å². The van der Waals surface area contributed by atoms with Gasteiger partial charge in [0.25, 0.3) is 0 Å². The van der Waals surface area contributed by atoms with Crippen LogP contribution in [0.2, 0.25) is 0 Å². The Morgan fingerprint density at radius 3 is 2.38 bits per heavy atom. The van der Waals surface area contributed by atoms with Crippen molar-refractivity contribution in [1.82, 2.24) is 0 Å². The number of benzene rings is 1. The third-order valence-corrected chi connectivity index (χ3v) is 1.89. The normalized spacial score (nSPS) is 9.46. The molecule has 0 aromatic heterocycles. The van der Waals surface area contributed by atoms with Crippen LogP contribution in [-0.4, -0.2) is 20.5 Å². The van der Waals surface area contributed by atoms with Crippen LogP contribution in [0.3, 0.4) is 0 Å². The highest BCUT2D eigenvalue weighted by atomic mass is 16.5. The molecule has 1 aromatic carbocycles. The van der Waals surface area contributed by atoms with Crippen LogP contribution in [0.4, 0.5) is 0 Å². The average Bonchev–Trinajstić information content (AvgIpc) is 2.17. The molecular formula is C10H11O3. The molecule has 69 valence electrons. The van der Waals surface area contributed by atoms with Gasteiger partial charge < -0.3 is 9.47 Å². The SMILES string of the molecule is COc1ccc([C]=O)c(OC)c1C. The lowest BCUT2D eigenvalue weighted by molar-refractivity contribution is 0.388. The second kappa shape index (κ2) is 3.94. The van der Waals surface area contributed by atoms with Gasteiger partial charge in [-0.3, -0.25) is 4.79 Å². The Morgan fingerprint density at radius 2 is 1.92 bits per heavy atom. The van der Waals surface area contributed by atoms with Crippen LogP contribution in [0.15, 0.2) is 12.1 Å². The van der Waals surface area contributed by atoms with E-state index >= 15 is 0 Å². The Bertz CT molecular complexity index is 318. The molecule has 3 heteroatoms. The fourth-order valence-corrected chi connectivity index (χ4v) is 1.24. The van der Waals surface area contributed by atoms with E-state index in [4.69, 9.17) is 9.47 Å². The third kappa shape index (κ3) is 1.64. The van der Waals surface area contributed by atoms with Crippen molar-refractivity contribution in [2.75, 3.05) is 14.2 Å². The summed E-state index contributed by atoms with van der Waals surface area (Å²) in [5.41, 5.74) is 1.23. The first-order valence-corrected chi connectivity index (χ1v) is 3.84. The van der Waals surface area contributed by atoms with Crippen molar-refractivity contribution < 1.29 is 14.3 Å². The van der Waals surface area contributed by atoms with Gasteiger partial charge in [0, 0.05) is 5.56 Å². The summed E-state index contributed by atoms with van der Waals surface area (Å²) in [5.74, 6) is 1.23. The molecule has 0 aliphatic rings. The van der Waals surface area contributed by atoms with Gasteiger partial charge in [-0.2, -0.15) is 0 Å². The second-order valence-corrected chi connectivity index (χ2v) is 2.58. The summed E-state index contributed by atoms with van der Waals surface area (Å²) in [5, 5.41) is 0. The number of carbonyl (C=O) groups excluding carboxylic acids is 1. The van der Waals surface area contributed by atoms with Crippen molar-refractivity contribution >= 4 is 6.29 Å². The maximum atomic E-state index is 10.5. The van der Waals surface area contributed by atoms with Gasteiger partial charge in [0.15, 0.2) is 0 Å². The zero-order valence-corrected chi connectivity index (χ0v) is 7.88. The minimum Gasteiger partial charge on any atom is -0.496 e. The smallest absolute Gasteiger partial charge is 0.237 e. The number of hydrogen-bond donors (Lipinski definition) is 0. The van der Waals surface area contributed by atoms with Crippen molar-refractivity contribution in [1.29, 1.82) is 0 Å². The summed E-state index contributed by atoms with van der Waals surface area (Å²) in [6.07, 6.45) is 1.81. The number of hydrogen-bond acceptors (Lipinski definition) is 3. The highest BCUT2D eigenvalue weighted by Crippen LogP contribution is 2.29. The topological polar surface area (TPSA) is 35.5 Å². The molecule has 13 heavy (non-hydrogen) atoms. The molecule has 0 fully saturated rings. The van der Waals surface area contributed by atoms with Crippen LogP contribution in [0, 0.1) is 6.92 Å². The first-order valence-electron chi connectivity index (χ1n) is 3.84. The van der Waals surface area contributed by atoms with Gasteiger partial charge in [0.2, 0.25) is 6.29 Å². The molecular weight excluding hydrogens is 168 g/mol. The maximum absolute atomic E-state index is 10.5. The lowest BCUT2D eigenvalue weighted by atomic mass is 10.1. The molecule has 0 aliphatic carbocycles. The van der Waals surface area contributed by atoms with Crippen molar-refractivity contribution in [2.24, 2.45) is 0 Å². The van der Waals surface area contributed by atoms with E-state index in [1.54, 1.807) is 19.2 Å². The van der Waals surface area contributed by atoms with Gasteiger partial charge >= 0.3 is 0 Å². The molecule has 0 amide bonds. The van der Waals surface area contributed by atoms with Crippen LogP contribution < -0.4 is 9.47 Å². The van der Waals surface area contributed by atoms with E-state index in [0.29, 0.717) is 17.1 Å². The molecule has 0 bridgehead atoms. The van der Waals surface area contributed by atoms with E-state index in [1.807, 2.05) is 13.2 Å². The van der Waals surface area contributed by atoms with Gasteiger partial charge in [0.05, 0.1) is 19.8 Å². The van der Waals surface area contributed by atoms with E-state index in [2.05, 4.69) is 0 Å².